The second-order valence-electron chi connectivity index (χ2n) is 5.87. The highest BCUT2D eigenvalue weighted by molar-refractivity contribution is 7.09. The Morgan fingerprint density at radius 1 is 1.12 bits per heavy atom. The van der Waals surface area contributed by atoms with Crippen LogP contribution in [0.2, 0.25) is 0 Å². The van der Waals surface area contributed by atoms with Crippen LogP contribution in [-0.2, 0) is 13.0 Å². The molecule has 0 aliphatic rings. The van der Waals surface area contributed by atoms with Crippen molar-refractivity contribution < 1.29 is 0 Å². The monoisotopic (exact) mass is 350 g/mol. The molecular weight excluding hydrogens is 332 g/mol. The third-order valence-electron chi connectivity index (χ3n) is 3.92. The summed E-state index contributed by atoms with van der Waals surface area (Å²) in [6, 6.07) is 11.9. The van der Waals surface area contributed by atoms with Crippen LogP contribution in [-0.4, -0.2) is 29.5 Å². The number of hydrogen-bond acceptors (Lipinski definition) is 5. The van der Waals surface area contributed by atoms with Crippen LogP contribution >= 0.6 is 11.3 Å². The fourth-order valence-electron chi connectivity index (χ4n) is 2.75. The van der Waals surface area contributed by atoms with Crippen LogP contribution in [0, 0.1) is 0 Å². The first kappa shape index (κ1) is 15.7. The minimum Gasteiger partial charge on any atom is -0.272 e. The topological polar surface area (TPSA) is 61.4 Å². The number of nitrogens with zero attached hydrogens (tertiary/aromatic N) is 6. The molecule has 0 aliphatic heterocycles. The number of thiophene rings is 1. The summed E-state index contributed by atoms with van der Waals surface area (Å²) >= 11 is 1.72. The van der Waals surface area contributed by atoms with Gasteiger partial charge in [-0.15, -0.1) is 16.4 Å². The lowest BCUT2D eigenvalue weighted by molar-refractivity contribution is 0.514. The molecule has 0 bridgehead atoms. The summed E-state index contributed by atoms with van der Waals surface area (Å²) in [5.41, 5.74) is 0. The second kappa shape index (κ2) is 6.98. The van der Waals surface area contributed by atoms with E-state index in [0.29, 0.717) is 0 Å². The van der Waals surface area contributed by atoms with Crippen LogP contribution in [0.1, 0.15) is 29.4 Å². The van der Waals surface area contributed by atoms with Gasteiger partial charge in [-0.3, -0.25) is 4.68 Å². The van der Waals surface area contributed by atoms with Gasteiger partial charge in [-0.25, -0.2) is 9.97 Å². The van der Waals surface area contributed by atoms with Gasteiger partial charge in [0.1, 0.15) is 5.82 Å². The van der Waals surface area contributed by atoms with Gasteiger partial charge in [0.25, 0.3) is 0 Å². The molecular formula is C18H18N6S. The lowest BCUT2D eigenvalue weighted by Gasteiger charge is -2.12. The molecule has 0 amide bonds. The standard InChI is InChI=1S/C18H18N6S/c1-14(13-23-10-5-9-20-23)18-21-16(12-15-6-4-11-25-15)22-24(18)17-7-2-3-8-19-17/h2-11,14H,12-13H2,1H3/t14-/m0/s1. The van der Waals surface area contributed by atoms with Crippen molar-refractivity contribution in [3.8, 4) is 5.82 Å². The molecule has 0 radical (unpaired) electrons. The van der Waals surface area contributed by atoms with Crippen molar-refractivity contribution in [2.45, 2.75) is 25.8 Å². The van der Waals surface area contributed by atoms with E-state index in [1.54, 1.807) is 23.7 Å². The van der Waals surface area contributed by atoms with Gasteiger partial charge < -0.3 is 0 Å². The van der Waals surface area contributed by atoms with Gasteiger partial charge in [-0.05, 0) is 29.6 Å². The number of rotatable bonds is 6. The van der Waals surface area contributed by atoms with E-state index < -0.39 is 0 Å². The SMILES string of the molecule is C[C@@H](Cn1cccn1)c1nc(Cc2cccs2)nn1-c1ccccn1. The Kier molecular flexibility index (Phi) is 4.39. The highest BCUT2D eigenvalue weighted by Crippen LogP contribution is 2.20. The van der Waals surface area contributed by atoms with Gasteiger partial charge in [0, 0.05) is 35.8 Å². The van der Waals surface area contributed by atoms with E-state index in [1.165, 1.54) is 4.88 Å². The maximum absolute atomic E-state index is 4.82. The molecule has 4 aromatic rings. The van der Waals surface area contributed by atoms with Crippen molar-refractivity contribution in [2.24, 2.45) is 0 Å². The third-order valence-corrected chi connectivity index (χ3v) is 4.79. The Balaban J connectivity index is 1.68. The number of pyridine rings is 1. The molecule has 6 nitrogen and oxygen atoms in total. The molecule has 0 unspecified atom stereocenters. The Labute approximate surface area is 149 Å². The lowest BCUT2D eigenvalue weighted by Crippen LogP contribution is -2.13. The fourth-order valence-corrected chi connectivity index (χ4v) is 3.45. The van der Waals surface area contributed by atoms with Gasteiger partial charge in [-0.1, -0.05) is 19.1 Å². The fraction of sp³-hybridized carbons (Fsp3) is 0.222. The normalized spacial score (nSPS) is 12.4. The third kappa shape index (κ3) is 3.51. The maximum atomic E-state index is 4.82. The molecule has 126 valence electrons. The molecule has 4 aromatic heterocycles. The molecule has 0 saturated carbocycles. The van der Waals surface area contributed by atoms with Crippen molar-refractivity contribution in [1.29, 1.82) is 0 Å². The Morgan fingerprint density at radius 2 is 2.08 bits per heavy atom. The quantitative estimate of drug-likeness (QED) is 0.535. The average Bonchev–Trinajstić information content (AvgIpc) is 3.37. The minimum atomic E-state index is 0.159. The Bertz CT molecular complexity index is 912. The Hall–Kier alpha value is -2.80. The molecule has 0 N–H and O–H groups in total. The first-order valence-corrected chi connectivity index (χ1v) is 9.04. The van der Waals surface area contributed by atoms with Crippen molar-refractivity contribution in [2.75, 3.05) is 0 Å². The van der Waals surface area contributed by atoms with Crippen molar-refractivity contribution in [3.05, 3.63) is 76.9 Å². The molecule has 0 fully saturated rings. The van der Waals surface area contributed by atoms with Crippen molar-refractivity contribution in [1.82, 2.24) is 29.5 Å². The van der Waals surface area contributed by atoms with Crippen LogP contribution < -0.4 is 0 Å². The van der Waals surface area contributed by atoms with Gasteiger partial charge in [0.05, 0.1) is 6.54 Å². The highest BCUT2D eigenvalue weighted by Gasteiger charge is 2.19. The van der Waals surface area contributed by atoms with Crippen LogP contribution in [0.4, 0.5) is 0 Å². The Morgan fingerprint density at radius 3 is 2.80 bits per heavy atom. The van der Waals surface area contributed by atoms with Crippen LogP contribution in [0.25, 0.3) is 5.82 Å². The van der Waals surface area contributed by atoms with E-state index in [0.717, 1.165) is 30.4 Å². The average molecular weight is 350 g/mol. The lowest BCUT2D eigenvalue weighted by atomic mass is 10.1. The van der Waals surface area contributed by atoms with Crippen LogP contribution in [0.5, 0.6) is 0 Å². The van der Waals surface area contributed by atoms with Crippen LogP contribution in [0.15, 0.2) is 60.4 Å². The summed E-state index contributed by atoms with van der Waals surface area (Å²) in [6.45, 7) is 2.89. The summed E-state index contributed by atoms with van der Waals surface area (Å²) in [5, 5.41) is 11.1. The van der Waals surface area contributed by atoms with E-state index in [4.69, 9.17) is 10.1 Å². The zero-order valence-electron chi connectivity index (χ0n) is 13.9. The molecule has 0 aliphatic carbocycles. The largest absolute Gasteiger partial charge is 0.272 e. The predicted octanol–water partition coefficient (Wildman–Crippen LogP) is 3.31. The molecule has 4 heterocycles. The summed E-state index contributed by atoms with van der Waals surface area (Å²) in [5.74, 6) is 2.66. The van der Waals surface area contributed by atoms with Gasteiger partial charge in [-0.2, -0.15) is 9.78 Å². The first-order valence-electron chi connectivity index (χ1n) is 8.16. The zero-order chi connectivity index (χ0) is 17.1. The van der Waals surface area contributed by atoms with Crippen molar-refractivity contribution in [3.63, 3.8) is 0 Å². The van der Waals surface area contributed by atoms with Gasteiger partial charge in [0.2, 0.25) is 0 Å². The summed E-state index contributed by atoms with van der Waals surface area (Å²) in [6.07, 6.45) is 6.26. The molecule has 0 spiro atoms. The summed E-state index contributed by atoms with van der Waals surface area (Å²) in [7, 11) is 0. The number of hydrogen-bond donors (Lipinski definition) is 0. The number of aromatic nitrogens is 6. The molecule has 7 heteroatoms. The van der Waals surface area contributed by atoms with Crippen molar-refractivity contribution >= 4 is 11.3 Å². The highest BCUT2D eigenvalue weighted by atomic mass is 32.1. The molecule has 1 atom stereocenters. The summed E-state index contributed by atoms with van der Waals surface area (Å²) < 4.78 is 3.78. The van der Waals surface area contributed by atoms with Crippen LogP contribution in [0.3, 0.4) is 0 Å². The maximum Gasteiger partial charge on any atom is 0.156 e. The van der Waals surface area contributed by atoms with E-state index >= 15 is 0 Å². The molecule has 0 aromatic carbocycles. The molecule has 25 heavy (non-hydrogen) atoms. The first-order chi connectivity index (χ1) is 12.3. The van der Waals surface area contributed by atoms with E-state index in [9.17, 15) is 0 Å². The van der Waals surface area contributed by atoms with E-state index in [-0.39, 0.29) is 5.92 Å². The minimum absolute atomic E-state index is 0.159. The second-order valence-corrected chi connectivity index (χ2v) is 6.90. The van der Waals surface area contributed by atoms with E-state index in [2.05, 4.69) is 34.5 Å². The smallest absolute Gasteiger partial charge is 0.156 e. The molecule has 0 saturated heterocycles. The van der Waals surface area contributed by atoms with E-state index in [1.807, 2.05) is 39.8 Å². The predicted molar refractivity (Wildman–Crippen MR) is 96.9 cm³/mol. The molecule has 4 rings (SSSR count). The zero-order valence-corrected chi connectivity index (χ0v) is 14.7. The summed E-state index contributed by atoms with van der Waals surface area (Å²) in [4.78, 5) is 10.5. The van der Waals surface area contributed by atoms with Gasteiger partial charge >= 0.3 is 0 Å². The van der Waals surface area contributed by atoms with Gasteiger partial charge in [0.15, 0.2) is 11.6 Å².